The Morgan fingerprint density at radius 1 is 0.658 bits per heavy atom. The van der Waals surface area contributed by atoms with E-state index >= 15 is 0 Å². The number of fused-ring (bicyclic) bond motifs is 2. The number of rotatable bonds is 15. The molecule has 6 heteroatoms. The van der Waals surface area contributed by atoms with Crippen LogP contribution in [0.25, 0.3) is 21.5 Å². The molecule has 206 valence electrons. The third-order valence-electron chi connectivity index (χ3n) is 6.64. The first-order valence-electron chi connectivity index (χ1n) is 14.1. The zero-order valence-corrected chi connectivity index (χ0v) is 23.5. The van der Waals surface area contributed by atoms with Gasteiger partial charge >= 0.3 is 11.9 Å². The van der Waals surface area contributed by atoms with Crippen LogP contribution in [0.3, 0.4) is 0 Å². The molecule has 3 rings (SSSR count). The van der Waals surface area contributed by atoms with Gasteiger partial charge in [0.1, 0.15) is 36.9 Å². The van der Waals surface area contributed by atoms with Crippen LogP contribution in [0.2, 0.25) is 0 Å². The number of carbonyl (C=O) groups is 2. The first-order valence-corrected chi connectivity index (χ1v) is 14.1. The van der Waals surface area contributed by atoms with Crippen LogP contribution in [0.1, 0.15) is 78.7 Å². The lowest BCUT2D eigenvalue weighted by molar-refractivity contribution is -0.151. The Hall–Kier alpha value is -3.28. The van der Waals surface area contributed by atoms with E-state index in [9.17, 15) is 9.59 Å². The van der Waals surface area contributed by atoms with Gasteiger partial charge in [-0.2, -0.15) is 0 Å². The van der Waals surface area contributed by atoms with E-state index in [1.54, 1.807) is 0 Å². The lowest BCUT2D eigenvalue weighted by Crippen LogP contribution is -2.25. The van der Waals surface area contributed by atoms with Crippen molar-refractivity contribution in [1.82, 2.24) is 0 Å². The Morgan fingerprint density at radius 2 is 1.13 bits per heavy atom. The number of benzene rings is 3. The van der Waals surface area contributed by atoms with Crippen LogP contribution in [-0.4, -0.2) is 37.4 Å². The quantitative estimate of drug-likeness (QED) is 0.152. The second kappa shape index (κ2) is 14.6. The van der Waals surface area contributed by atoms with Crippen LogP contribution in [0, 0.1) is 0 Å². The highest BCUT2D eigenvalue weighted by Gasteiger charge is 2.21. The molecule has 0 radical (unpaired) electrons. The molecule has 0 saturated heterocycles. The fraction of sp³-hybridized carbons (Fsp3) is 0.500. The van der Waals surface area contributed by atoms with E-state index in [1.807, 2.05) is 52.0 Å². The third kappa shape index (κ3) is 7.40. The molecule has 0 aliphatic rings. The van der Waals surface area contributed by atoms with Crippen molar-refractivity contribution in [3.8, 4) is 11.5 Å². The largest absolute Gasteiger partial charge is 0.488 e. The molecule has 38 heavy (non-hydrogen) atoms. The average Bonchev–Trinajstić information content (AvgIpc) is 2.93. The van der Waals surface area contributed by atoms with E-state index in [1.165, 1.54) is 5.56 Å². The number of carbonyl (C=O) groups excluding carboxylic acids is 2. The number of esters is 2. The molecule has 0 fully saturated rings. The van der Waals surface area contributed by atoms with Crippen molar-refractivity contribution < 1.29 is 28.5 Å². The van der Waals surface area contributed by atoms with E-state index in [0.717, 1.165) is 52.3 Å². The minimum atomic E-state index is -0.323. The second-order valence-electron chi connectivity index (χ2n) is 9.60. The molecule has 3 aromatic carbocycles. The molecule has 6 nitrogen and oxygen atoms in total. The van der Waals surface area contributed by atoms with Gasteiger partial charge < -0.3 is 18.9 Å². The molecule has 3 aromatic rings. The van der Waals surface area contributed by atoms with E-state index in [2.05, 4.69) is 25.1 Å². The summed E-state index contributed by atoms with van der Waals surface area (Å²) in [6, 6.07) is 14.3. The van der Waals surface area contributed by atoms with Gasteiger partial charge in [-0.3, -0.25) is 9.59 Å². The maximum Gasteiger partial charge on any atom is 0.306 e. The molecule has 0 N–H and O–H groups in total. The van der Waals surface area contributed by atoms with Crippen molar-refractivity contribution in [2.24, 2.45) is 0 Å². The molecular formula is C32H42O6. The summed E-state index contributed by atoms with van der Waals surface area (Å²) in [6.45, 7) is 10.6. The van der Waals surface area contributed by atoms with Gasteiger partial charge in [-0.1, -0.05) is 71.0 Å². The predicted octanol–water partition coefficient (Wildman–Crippen LogP) is 7.56. The Morgan fingerprint density at radius 3 is 1.58 bits per heavy atom. The van der Waals surface area contributed by atoms with Gasteiger partial charge in [-0.05, 0) is 43.7 Å². The summed E-state index contributed by atoms with van der Waals surface area (Å²) < 4.78 is 24.2. The minimum absolute atomic E-state index is 0.195. The van der Waals surface area contributed by atoms with E-state index in [4.69, 9.17) is 18.9 Å². The van der Waals surface area contributed by atoms with Crippen LogP contribution in [0.5, 0.6) is 11.5 Å². The van der Waals surface area contributed by atoms with Crippen LogP contribution in [-0.2, 0) is 25.5 Å². The van der Waals surface area contributed by atoms with E-state index in [0.29, 0.717) is 25.7 Å². The molecule has 0 amide bonds. The van der Waals surface area contributed by atoms with Crippen molar-refractivity contribution in [2.75, 3.05) is 13.2 Å². The predicted molar refractivity (Wildman–Crippen MR) is 152 cm³/mol. The van der Waals surface area contributed by atoms with Crippen LogP contribution in [0.15, 0.2) is 42.5 Å². The van der Waals surface area contributed by atoms with Crippen molar-refractivity contribution in [2.45, 2.75) is 91.8 Å². The molecule has 0 heterocycles. The summed E-state index contributed by atoms with van der Waals surface area (Å²) >= 11 is 0. The Balaban J connectivity index is 2.00. The van der Waals surface area contributed by atoms with Gasteiger partial charge in [0.25, 0.3) is 0 Å². The molecule has 0 saturated carbocycles. The van der Waals surface area contributed by atoms with Crippen molar-refractivity contribution in [1.29, 1.82) is 0 Å². The van der Waals surface area contributed by atoms with Gasteiger partial charge in [-0.25, -0.2) is 0 Å². The normalized spacial score (nSPS) is 12.8. The zero-order valence-electron chi connectivity index (χ0n) is 23.5. The summed E-state index contributed by atoms with van der Waals surface area (Å²) in [7, 11) is 0. The minimum Gasteiger partial charge on any atom is -0.488 e. The zero-order chi connectivity index (χ0) is 27.5. The summed E-state index contributed by atoms with van der Waals surface area (Å²) in [5.41, 5.74) is 1.19. The van der Waals surface area contributed by atoms with Crippen LogP contribution in [0.4, 0.5) is 0 Å². The van der Waals surface area contributed by atoms with Crippen LogP contribution < -0.4 is 9.47 Å². The molecule has 0 aromatic heterocycles. The first-order chi connectivity index (χ1) is 18.4. The topological polar surface area (TPSA) is 71.1 Å². The van der Waals surface area contributed by atoms with Gasteiger partial charge in [0.05, 0.1) is 0 Å². The molecule has 0 spiro atoms. The van der Waals surface area contributed by atoms with E-state index in [-0.39, 0.29) is 37.4 Å². The highest BCUT2D eigenvalue weighted by atomic mass is 16.6. The van der Waals surface area contributed by atoms with Gasteiger partial charge in [0.15, 0.2) is 0 Å². The van der Waals surface area contributed by atoms with Gasteiger partial charge in [-0.15, -0.1) is 0 Å². The molecule has 2 atom stereocenters. The summed E-state index contributed by atoms with van der Waals surface area (Å²) in [4.78, 5) is 24.2. The highest BCUT2D eigenvalue weighted by Crippen LogP contribution is 2.43. The fourth-order valence-corrected chi connectivity index (χ4v) is 4.40. The Kier molecular flexibility index (Phi) is 11.3. The fourth-order valence-electron chi connectivity index (χ4n) is 4.40. The number of aryl methyl sites for hydroxylation is 1. The molecule has 0 bridgehead atoms. The Bertz CT molecular complexity index is 1220. The molecule has 0 aliphatic carbocycles. The first kappa shape index (κ1) is 29.3. The molecular weight excluding hydrogens is 480 g/mol. The van der Waals surface area contributed by atoms with E-state index < -0.39 is 0 Å². The van der Waals surface area contributed by atoms with Crippen molar-refractivity contribution in [3.05, 3.63) is 48.0 Å². The van der Waals surface area contributed by atoms with Crippen molar-refractivity contribution in [3.63, 3.8) is 0 Å². The smallest absolute Gasteiger partial charge is 0.306 e. The monoisotopic (exact) mass is 522 g/mol. The lowest BCUT2D eigenvalue weighted by atomic mass is 9.98. The Labute approximate surface area is 226 Å². The SMILES string of the molecule is CCCC(=O)OC(CC)COc1c2ccccc2c(OCC(CC)OC(=O)CCC)c2cc(CC)ccc12. The maximum absolute atomic E-state index is 12.1. The average molecular weight is 523 g/mol. The number of ether oxygens (including phenoxy) is 4. The lowest BCUT2D eigenvalue weighted by Gasteiger charge is -2.22. The summed E-state index contributed by atoms with van der Waals surface area (Å²) in [5.74, 6) is 1.11. The van der Waals surface area contributed by atoms with Gasteiger partial charge in [0.2, 0.25) is 0 Å². The molecule has 0 aliphatic heterocycles. The standard InChI is InChI=1S/C32H42O6/c1-6-13-29(33)37-23(9-4)20-35-31-25-15-11-12-16-26(25)32(28-19-22(8-3)17-18-27(28)31)36-21-24(10-5)38-30(34)14-7-2/h11-12,15-19,23-24H,6-10,13-14,20-21H2,1-5H3. The maximum atomic E-state index is 12.1. The number of hydrogen-bond donors (Lipinski definition) is 0. The summed E-state index contributed by atoms with van der Waals surface area (Å²) in [6.07, 6.45) is 3.89. The second-order valence-corrected chi connectivity index (χ2v) is 9.60. The number of hydrogen-bond acceptors (Lipinski definition) is 6. The van der Waals surface area contributed by atoms with Crippen LogP contribution >= 0.6 is 0 Å². The third-order valence-corrected chi connectivity index (χ3v) is 6.64. The van der Waals surface area contributed by atoms with Crippen molar-refractivity contribution >= 4 is 33.5 Å². The molecule has 2 unspecified atom stereocenters. The van der Waals surface area contributed by atoms with Gasteiger partial charge in [0, 0.05) is 34.4 Å². The highest BCUT2D eigenvalue weighted by molar-refractivity contribution is 6.11. The summed E-state index contributed by atoms with van der Waals surface area (Å²) in [5, 5.41) is 3.73.